The predicted octanol–water partition coefficient (Wildman–Crippen LogP) is 2.28. The first kappa shape index (κ1) is 11.8. The summed E-state index contributed by atoms with van der Waals surface area (Å²) < 4.78 is 10.3. The Morgan fingerprint density at radius 2 is 2.07 bits per heavy atom. The Morgan fingerprint density at radius 3 is 2.60 bits per heavy atom. The maximum absolute atomic E-state index is 9.45. The third-order valence-electron chi connectivity index (χ3n) is 1.96. The van der Waals surface area contributed by atoms with Crippen LogP contribution in [0, 0.1) is 0 Å². The monoisotopic (exact) mass is 208 g/mol. The molecule has 0 aliphatic heterocycles. The summed E-state index contributed by atoms with van der Waals surface area (Å²) in [7, 11) is 0. The highest BCUT2D eigenvalue weighted by Crippen LogP contribution is 2.18. The van der Waals surface area contributed by atoms with Crippen molar-refractivity contribution >= 4 is 0 Å². The van der Waals surface area contributed by atoms with Gasteiger partial charge in [-0.1, -0.05) is 18.2 Å². The van der Waals surface area contributed by atoms with Crippen LogP contribution in [-0.4, -0.2) is 18.5 Å². The Hall–Kier alpha value is -1.32. The lowest BCUT2D eigenvalue weighted by Gasteiger charge is -2.08. The molecule has 0 fully saturated rings. The fourth-order valence-electron chi connectivity index (χ4n) is 1.09. The van der Waals surface area contributed by atoms with Crippen molar-refractivity contribution in [3.8, 4) is 5.75 Å². The standard InChI is InChI=1S/C12H16O3/c1-3-12(13)10-5-7-11(8-6-10)15-9-14-4-2/h3,5-8,12-13H,1,4,9H2,2H3. The van der Waals surface area contributed by atoms with Crippen LogP contribution >= 0.6 is 0 Å². The molecule has 0 heterocycles. The molecule has 82 valence electrons. The van der Waals surface area contributed by atoms with Crippen LogP contribution in [0.15, 0.2) is 36.9 Å². The summed E-state index contributed by atoms with van der Waals surface area (Å²) in [5.41, 5.74) is 0.800. The van der Waals surface area contributed by atoms with Crippen LogP contribution in [0.4, 0.5) is 0 Å². The van der Waals surface area contributed by atoms with Gasteiger partial charge in [0.1, 0.15) is 5.75 Å². The molecule has 1 unspecified atom stereocenters. The molecular weight excluding hydrogens is 192 g/mol. The molecule has 0 aliphatic rings. The van der Waals surface area contributed by atoms with Crippen LogP contribution in [0.5, 0.6) is 5.75 Å². The summed E-state index contributed by atoms with van der Waals surface area (Å²) >= 11 is 0. The van der Waals surface area contributed by atoms with Gasteiger partial charge in [-0.3, -0.25) is 0 Å². The zero-order valence-electron chi connectivity index (χ0n) is 8.85. The third-order valence-corrected chi connectivity index (χ3v) is 1.96. The molecule has 1 rings (SSSR count). The molecule has 1 aromatic rings. The molecule has 0 radical (unpaired) electrons. The average molecular weight is 208 g/mol. The minimum absolute atomic E-state index is 0.250. The number of aliphatic hydroxyl groups excluding tert-OH is 1. The Labute approximate surface area is 90.0 Å². The Bertz CT molecular complexity index is 292. The smallest absolute Gasteiger partial charge is 0.189 e. The van der Waals surface area contributed by atoms with Gasteiger partial charge in [0, 0.05) is 6.61 Å². The van der Waals surface area contributed by atoms with Gasteiger partial charge in [0.05, 0.1) is 6.10 Å². The van der Waals surface area contributed by atoms with Crippen LogP contribution < -0.4 is 4.74 Å². The van der Waals surface area contributed by atoms with E-state index in [2.05, 4.69) is 6.58 Å². The molecule has 1 aromatic carbocycles. The van der Waals surface area contributed by atoms with E-state index in [1.54, 1.807) is 24.3 Å². The molecule has 0 saturated carbocycles. The summed E-state index contributed by atoms with van der Waals surface area (Å²) in [6, 6.07) is 7.18. The second-order valence-corrected chi connectivity index (χ2v) is 3.00. The van der Waals surface area contributed by atoms with E-state index in [9.17, 15) is 5.11 Å². The van der Waals surface area contributed by atoms with Crippen LogP contribution in [0.3, 0.4) is 0 Å². The minimum Gasteiger partial charge on any atom is -0.468 e. The summed E-state index contributed by atoms with van der Waals surface area (Å²) in [6.45, 7) is 6.31. The van der Waals surface area contributed by atoms with Crippen LogP contribution in [0.2, 0.25) is 0 Å². The van der Waals surface area contributed by atoms with Crippen LogP contribution in [-0.2, 0) is 4.74 Å². The van der Waals surface area contributed by atoms with Crippen molar-refractivity contribution in [3.63, 3.8) is 0 Å². The molecule has 1 N–H and O–H groups in total. The number of rotatable bonds is 6. The quantitative estimate of drug-likeness (QED) is 0.443. The third kappa shape index (κ3) is 3.73. The zero-order chi connectivity index (χ0) is 11.1. The normalized spacial score (nSPS) is 12.1. The van der Waals surface area contributed by atoms with E-state index < -0.39 is 6.10 Å². The van der Waals surface area contributed by atoms with Crippen molar-refractivity contribution in [2.75, 3.05) is 13.4 Å². The van der Waals surface area contributed by atoms with E-state index in [0.717, 1.165) is 11.3 Å². The molecular formula is C12H16O3. The lowest BCUT2D eigenvalue weighted by molar-refractivity contribution is 0.0224. The molecule has 0 spiro atoms. The van der Waals surface area contributed by atoms with Gasteiger partial charge in [-0.05, 0) is 24.6 Å². The highest BCUT2D eigenvalue weighted by atomic mass is 16.7. The summed E-state index contributed by atoms with van der Waals surface area (Å²) in [4.78, 5) is 0. The Morgan fingerprint density at radius 1 is 1.40 bits per heavy atom. The van der Waals surface area contributed by atoms with E-state index in [1.165, 1.54) is 6.08 Å². The summed E-state index contributed by atoms with van der Waals surface area (Å²) in [5.74, 6) is 0.725. The van der Waals surface area contributed by atoms with Gasteiger partial charge < -0.3 is 14.6 Å². The number of hydrogen-bond acceptors (Lipinski definition) is 3. The lowest BCUT2D eigenvalue weighted by atomic mass is 10.1. The van der Waals surface area contributed by atoms with Gasteiger partial charge in [0.2, 0.25) is 0 Å². The van der Waals surface area contributed by atoms with Crippen molar-refractivity contribution in [3.05, 3.63) is 42.5 Å². The van der Waals surface area contributed by atoms with E-state index in [0.29, 0.717) is 6.61 Å². The predicted molar refractivity (Wildman–Crippen MR) is 58.7 cm³/mol. The maximum atomic E-state index is 9.45. The molecule has 0 saturated heterocycles. The van der Waals surface area contributed by atoms with Gasteiger partial charge in [0.15, 0.2) is 6.79 Å². The molecule has 0 aromatic heterocycles. The van der Waals surface area contributed by atoms with Crippen molar-refractivity contribution in [2.24, 2.45) is 0 Å². The largest absolute Gasteiger partial charge is 0.468 e. The molecule has 15 heavy (non-hydrogen) atoms. The number of benzene rings is 1. The van der Waals surface area contributed by atoms with Gasteiger partial charge >= 0.3 is 0 Å². The first-order valence-electron chi connectivity index (χ1n) is 4.89. The molecule has 3 nitrogen and oxygen atoms in total. The molecule has 1 atom stereocenters. The summed E-state index contributed by atoms with van der Waals surface area (Å²) in [6.07, 6.45) is 0.863. The van der Waals surface area contributed by atoms with E-state index in [1.807, 2.05) is 6.92 Å². The van der Waals surface area contributed by atoms with Gasteiger partial charge in [-0.2, -0.15) is 0 Å². The lowest BCUT2D eigenvalue weighted by Crippen LogP contribution is -2.02. The van der Waals surface area contributed by atoms with Gasteiger partial charge in [0.25, 0.3) is 0 Å². The van der Waals surface area contributed by atoms with Crippen LogP contribution in [0.1, 0.15) is 18.6 Å². The first-order valence-corrected chi connectivity index (χ1v) is 4.89. The minimum atomic E-state index is -0.619. The average Bonchev–Trinajstić information content (AvgIpc) is 2.29. The molecule has 0 amide bonds. The molecule has 0 bridgehead atoms. The first-order chi connectivity index (χ1) is 7.27. The number of aliphatic hydroxyl groups is 1. The second kappa shape index (κ2) is 6.22. The molecule has 3 heteroatoms. The van der Waals surface area contributed by atoms with Crippen LogP contribution in [0.25, 0.3) is 0 Å². The van der Waals surface area contributed by atoms with Crippen molar-refractivity contribution in [1.82, 2.24) is 0 Å². The van der Waals surface area contributed by atoms with Crippen molar-refractivity contribution in [1.29, 1.82) is 0 Å². The van der Waals surface area contributed by atoms with Crippen molar-refractivity contribution in [2.45, 2.75) is 13.0 Å². The molecule has 0 aliphatic carbocycles. The number of ether oxygens (including phenoxy) is 2. The van der Waals surface area contributed by atoms with E-state index in [4.69, 9.17) is 9.47 Å². The maximum Gasteiger partial charge on any atom is 0.189 e. The fourth-order valence-corrected chi connectivity index (χ4v) is 1.09. The highest BCUT2D eigenvalue weighted by molar-refractivity contribution is 5.29. The van der Waals surface area contributed by atoms with Crippen molar-refractivity contribution < 1.29 is 14.6 Å². The Balaban J connectivity index is 2.52. The van der Waals surface area contributed by atoms with E-state index >= 15 is 0 Å². The fraction of sp³-hybridized carbons (Fsp3) is 0.333. The van der Waals surface area contributed by atoms with Gasteiger partial charge in [-0.25, -0.2) is 0 Å². The number of hydrogen-bond donors (Lipinski definition) is 1. The Kier molecular flexibility index (Phi) is 4.87. The SMILES string of the molecule is C=CC(O)c1ccc(OCOCC)cc1. The zero-order valence-corrected chi connectivity index (χ0v) is 8.85. The highest BCUT2D eigenvalue weighted by Gasteiger charge is 2.01. The summed E-state index contributed by atoms with van der Waals surface area (Å²) in [5, 5.41) is 9.45. The van der Waals surface area contributed by atoms with E-state index in [-0.39, 0.29) is 6.79 Å². The second-order valence-electron chi connectivity index (χ2n) is 3.00. The van der Waals surface area contributed by atoms with Gasteiger partial charge in [-0.15, -0.1) is 6.58 Å². The topological polar surface area (TPSA) is 38.7 Å².